The number of benzene rings is 2. The number of pyridine rings is 1. The zero-order chi connectivity index (χ0) is 26.9. The molecule has 38 heavy (non-hydrogen) atoms. The van der Waals surface area contributed by atoms with Gasteiger partial charge < -0.3 is 5.11 Å². The summed E-state index contributed by atoms with van der Waals surface area (Å²) < 4.78 is 42.6. The van der Waals surface area contributed by atoms with Crippen LogP contribution in [0.5, 0.6) is 5.88 Å². The molecule has 0 aliphatic heterocycles. The Morgan fingerprint density at radius 1 is 1.03 bits per heavy atom. The number of rotatable bonds is 7. The van der Waals surface area contributed by atoms with Crippen LogP contribution in [-0.2, 0) is 9.84 Å². The smallest absolute Gasteiger partial charge is 0.296 e. The molecule has 0 bridgehead atoms. The number of hydrogen-bond donors (Lipinski definition) is 1. The number of sulfone groups is 1. The topological polar surface area (TPSA) is 102 Å². The van der Waals surface area contributed by atoms with Gasteiger partial charge in [-0.1, -0.05) is 62.2 Å². The lowest BCUT2D eigenvalue weighted by Crippen LogP contribution is -2.28. The van der Waals surface area contributed by atoms with E-state index in [0.717, 1.165) is 37.4 Å². The molecule has 0 radical (unpaired) electrons. The minimum atomic E-state index is -4.43. The molecule has 7 nitrogen and oxygen atoms in total. The fourth-order valence-electron chi connectivity index (χ4n) is 5.29. The van der Waals surface area contributed by atoms with Gasteiger partial charge in [-0.15, -0.1) is 0 Å². The van der Waals surface area contributed by atoms with Crippen LogP contribution in [0.3, 0.4) is 0 Å². The number of hydrogen-bond acceptors (Lipinski definition) is 6. The van der Waals surface area contributed by atoms with Crippen molar-refractivity contribution < 1.29 is 17.9 Å². The largest absolute Gasteiger partial charge is 0.493 e. The van der Waals surface area contributed by atoms with Crippen LogP contribution in [0, 0.1) is 5.82 Å². The van der Waals surface area contributed by atoms with Gasteiger partial charge in [0.15, 0.2) is 4.90 Å². The third-order valence-corrected chi connectivity index (χ3v) is 8.95. The van der Waals surface area contributed by atoms with E-state index in [2.05, 4.69) is 9.97 Å². The highest BCUT2D eigenvalue weighted by Crippen LogP contribution is 2.39. The van der Waals surface area contributed by atoms with Crippen LogP contribution in [-0.4, -0.2) is 28.1 Å². The fraction of sp³-hybridized carbons (Fsp3) is 0.276. The van der Waals surface area contributed by atoms with Gasteiger partial charge in [-0.05, 0) is 48.6 Å². The van der Waals surface area contributed by atoms with Crippen LogP contribution in [0.25, 0.3) is 11.1 Å². The van der Waals surface area contributed by atoms with Crippen molar-refractivity contribution in [1.29, 1.82) is 0 Å². The van der Waals surface area contributed by atoms with Gasteiger partial charge in [-0.25, -0.2) is 12.8 Å². The molecule has 1 fully saturated rings. The van der Waals surface area contributed by atoms with E-state index in [0.29, 0.717) is 23.4 Å². The first kappa shape index (κ1) is 25.8. The van der Waals surface area contributed by atoms with Crippen LogP contribution < -0.4 is 5.56 Å². The highest BCUT2D eigenvalue weighted by atomic mass is 32.2. The Hall–Kier alpha value is -3.85. The van der Waals surface area contributed by atoms with Crippen molar-refractivity contribution >= 4 is 9.84 Å². The van der Waals surface area contributed by atoms with Gasteiger partial charge >= 0.3 is 0 Å². The van der Waals surface area contributed by atoms with Crippen LogP contribution >= 0.6 is 0 Å². The van der Waals surface area contributed by atoms with E-state index in [1.54, 1.807) is 4.57 Å². The van der Waals surface area contributed by atoms with Gasteiger partial charge in [-0.2, -0.15) is 4.98 Å². The maximum atomic E-state index is 13.7. The van der Waals surface area contributed by atoms with E-state index in [4.69, 9.17) is 0 Å². The molecule has 5 rings (SSSR count). The Morgan fingerprint density at radius 3 is 2.34 bits per heavy atom. The first-order chi connectivity index (χ1) is 18.3. The Bertz CT molecular complexity index is 1610. The predicted octanol–water partition coefficient (Wildman–Crippen LogP) is 5.64. The third-order valence-electron chi connectivity index (χ3n) is 7.16. The van der Waals surface area contributed by atoms with Gasteiger partial charge in [0.2, 0.25) is 15.7 Å². The Morgan fingerprint density at radius 2 is 1.71 bits per heavy atom. The van der Waals surface area contributed by atoms with Gasteiger partial charge in [-0.3, -0.25) is 14.3 Å². The molecule has 2 heterocycles. The summed E-state index contributed by atoms with van der Waals surface area (Å²) in [5.74, 6) is -0.723. The first-order valence-electron chi connectivity index (χ1n) is 12.7. The summed E-state index contributed by atoms with van der Waals surface area (Å²) >= 11 is 0. The van der Waals surface area contributed by atoms with Crippen molar-refractivity contribution in [2.45, 2.75) is 60.8 Å². The normalized spacial score (nSPS) is 15.0. The molecule has 0 spiro atoms. The molecule has 9 heteroatoms. The summed E-state index contributed by atoms with van der Waals surface area (Å²) in [5, 5.41) is 11.5. The van der Waals surface area contributed by atoms with E-state index in [1.165, 1.54) is 36.5 Å². The second-order valence-corrected chi connectivity index (χ2v) is 11.4. The van der Waals surface area contributed by atoms with Crippen molar-refractivity contribution in [3.63, 3.8) is 0 Å². The number of aromatic nitrogens is 3. The molecule has 4 aromatic rings. The number of aromatic hydroxyl groups is 1. The molecular weight excluding hydrogens is 505 g/mol. The summed E-state index contributed by atoms with van der Waals surface area (Å²) in [5.41, 5.74) is 0.950. The maximum Gasteiger partial charge on any atom is 0.296 e. The molecule has 1 aliphatic carbocycles. The first-order valence-corrected chi connectivity index (χ1v) is 14.2. The summed E-state index contributed by atoms with van der Waals surface area (Å²) in [6.07, 6.45) is 6.71. The standard InChI is InChI=1S/C29H28FN3O4S/c1-2-25(20-8-4-3-5-9-20)33-27(21-10-6-7-11-21)32-28(34)26(29(33)35)38(36,37)24-14-12-19(13-15-24)22-16-23(30)18-31-17-22/h3-5,8-9,12-18,21,25,35H,2,6-7,10-11H2,1H3/t25-/m0/s1. The Balaban J connectivity index is 1.65. The third kappa shape index (κ3) is 4.74. The fourth-order valence-corrected chi connectivity index (χ4v) is 6.64. The monoisotopic (exact) mass is 533 g/mol. The Kier molecular flexibility index (Phi) is 7.12. The molecule has 1 saturated carbocycles. The van der Waals surface area contributed by atoms with Gasteiger partial charge in [0.25, 0.3) is 5.56 Å². The SMILES string of the molecule is CC[C@@H](c1ccccc1)n1c(C2CCCC2)nc(=O)c(S(=O)(=O)c2ccc(-c3cncc(F)c3)cc2)c1O. The molecule has 1 aliphatic rings. The lowest BCUT2D eigenvalue weighted by molar-refractivity contribution is 0.352. The quantitative estimate of drug-likeness (QED) is 0.330. The summed E-state index contributed by atoms with van der Waals surface area (Å²) in [6, 6.07) is 16.1. The van der Waals surface area contributed by atoms with Crippen molar-refractivity contribution in [1.82, 2.24) is 14.5 Å². The minimum absolute atomic E-state index is 0.0396. The lowest BCUT2D eigenvalue weighted by Gasteiger charge is -2.27. The number of halogens is 1. The maximum absolute atomic E-state index is 13.7. The minimum Gasteiger partial charge on any atom is -0.493 e. The van der Waals surface area contributed by atoms with Gasteiger partial charge in [0.1, 0.15) is 11.6 Å². The second-order valence-electron chi connectivity index (χ2n) is 9.53. The molecule has 0 amide bonds. The van der Waals surface area contributed by atoms with E-state index in [-0.39, 0.29) is 10.8 Å². The molecule has 2 aromatic carbocycles. The van der Waals surface area contributed by atoms with Gasteiger partial charge in [0, 0.05) is 17.7 Å². The van der Waals surface area contributed by atoms with Crippen LogP contribution in [0.15, 0.2) is 87.6 Å². The average Bonchev–Trinajstić information content (AvgIpc) is 3.46. The molecule has 1 N–H and O–H groups in total. The van der Waals surface area contributed by atoms with Crippen LogP contribution in [0.2, 0.25) is 0 Å². The summed E-state index contributed by atoms with van der Waals surface area (Å²) in [7, 11) is -4.43. The van der Waals surface area contributed by atoms with Crippen LogP contribution in [0.4, 0.5) is 4.39 Å². The van der Waals surface area contributed by atoms with E-state index >= 15 is 0 Å². The Labute approximate surface area is 220 Å². The van der Waals surface area contributed by atoms with E-state index in [9.17, 15) is 22.7 Å². The highest BCUT2D eigenvalue weighted by Gasteiger charge is 2.34. The molecular formula is C29H28FN3O4S. The van der Waals surface area contributed by atoms with Crippen LogP contribution in [0.1, 0.15) is 62.4 Å². The average molecular weight is 534 g/mol. The lowest BCUT2D eigenvalue weighted by atomic mass is 10.0. The molecule has 1 atom stereocenters. The molecule has 0 unspecified atom stereocenters. The molecule has 0 saturated heterocycles. The van der Waals surface area contributed by atoms with Crippen molar-refractivity contribution in [2.24, 2.45) is 0 Å². The molecule has 2 aromatic heterocycles. The zero-order valence-electron chi connectivity index (χ0n) is 20.9. The van der Waals surface area contributed by atoms with Gasteiger partial charge in [0.05, 0.1) is 17.1 Å². The second kappa shape index (κ2) is 10.5. The van der Waals surface area contributed by atoms with Crippen molar-refractivity contribution in [3.05, 3.63) is 101 Å². The predicted molar refractivity (Wildman–Crippen MR) is 141 cm³/mol. The summed E-state index contributed by atoms with van der Waals surface area (Å²) in [6.45, 7) is 1.95. The summed E-state index contributed by atoms with van der Waals surface area (Å²) in [4.78, 5) is 20.5. The number of nitrogens with zero attached hydrogens (tertiary/aromatic N) is 3. The van der Waals surface area contributed by atoms with Crippen molar-refractivity contribution in [3.8, 4) is 17.0 Å². The zero-order valence-corrected chi connectivity index (χ0v) is 21.7. The highest BCUT2D eigenvalue weighted by molar-refractivity contribution is 7.91. The van der Waals surface area contributed by atoms with E-state index in [1.807, 2.05) is 37.3 Å². The van der Waals surface area contributed by atoms with E-state index < -0.39 is 38.0 Å². The molecule has 196 valence electrons. The van der Waals surface area contributed by atoms with Crippen molar-refractivity contribution in [2.75, 3.05) is 0 Å².